The molecule has 0 heterocycles. The Labute approximate surface area is 82.5 Å². The normalized spacial score (nSPS) is 28.6. The van der Waals surface area contributed by atoms with Crippen LogP contribution in [0.5, 0.6) is 0 Å². The predicted molar refractivity (Wildman–Crippen MR) is 56.5 cm³/mol. The number of hydrogen-bond donors (Lipinski definition) is 1. The Bertz CT molecular complexity index is 194. The first-order valence-electron chi connectivity index (χ1n) is 5.21. The van der Waals surface area contributed by atoms with Gasteiger partial charge in [0.1, 0.15) is 0 Å². The van der Waals surface area contributed by atoms with Crippen LogP contribution in [-0.2, 0) is 0 Å². The second-order valence-corrected chi connectivity index (χ2v) is 6.73. The minimum Gasteiger partial charge on any atom is -0.392 e. The van der Waals surface area contributed by atoms with Gasteiger partial charge in [0, 0.05) is 0 Å². The zero-order valence-corrected chi connectivity index (χ0v) is 10.1. The lowest BCUT2D eigenvalue weighted by atomic mass is 9.83. The first-order valence-corrected chi connectivity index (χ1v) is 5.21. The molecule has 0 saturated heterocycles. The summed E-state index contributed by atoms with van der Waals surface area (Å²) >= 11 is 0. The van der Waals surface area contributed by atoms with E-state index in [0.717, 1.165) is 0 Å². The third-order valence-electron chi connectivity index (χ3n) is 4.34. The van der Waals surface area contributed by atoms with Crippen molar-refractivity contribution in [2.45, 2.75) is 54.6 Å². The molecule has 1 atom stereocenters. The number of rotatable bonds is 1. The van der Waals surface area contributed by atoms with Crippen LogP contribution in [0, 0.1) is 22.2 Å². The molecule has 0 aromatic carbocycles. The van der Waals surface area contributed by atoms with Crippen molar-refractivity contribution in [2.24, 2.45) is 22.2 Å². The van der Waals surface area contributed by atoms with Gasteiger partial charge in [-0.25, -0.2) is 0 Å². The van der Waals surface area contributed by atoms with Crippen molar-refractivity contribution in [1.82, 2.24) is 0 Å². The molecule has 1 unspecified atom stereocenters. The van der Waals surface area contributed by atoms with E-state index in [9.17, 15) is 5.11 Å². The van der Waals surface area contributed by atoms with Crippen LogP contribution < -0.4 is 0 Å². The van der Waals surface area contributed by atoms with E-state index < -0.39 is 0 Å². The summed E-state index contributed by atoms with van der Waals surface area (Å²) in [4.78, 5) is 0. The summed E-state index contributed by atoms with van der Waals surface area (Å²) in [5.41, 5.74) is 0.592. The molecule has 0 radical (unpaired) electrons. The molecule has 0 aliphatic heterocycles. The van der Waals surface area contributed by atoms with Crippen LogP contribution in [0.2, 0.25) is 0 Å². The summed E-state index contributed by atoms with van der Waals surface area (Å²) in [5.74, 6) is 0.444. The third-order valence-corrected chi connectivity index (χ3v) is 4.34. The van der Waals surface area contributed by atoms with Gasteiger partial charge in [-0.3, -0.25) is 0 Å². The molecular weight excluding hydrogens is 160 g/mol. The minimum atomic E-state index is -0.183. The molecule has 1 N–H and O–H groups in total. The predicted octanol–water partition coefficient (Wildman–Crippen LogP) is 3.08. The van der Waals surface area contributed by atoms with E-state index in [1.54, 1.807) is 0 Å². The van der Waals surface area contributed by atoms with Crippen LogP contribution >= 0.6 is 0 Å². The van der Waals surface area contributed by atoms with Gasteiger partial charge in [0.25, 0.3) is 0 Å². The lowest BCUT2D eigenvalue weighted by Crippen LogP contribution is -2.30. The Morgan fingerprint density at radius 2 is 1.31 bits per heavy atom. The van der Waals surface area contributed by atoms with Gasteiger partial charge in [-0.15, -0.1) is 0 Å². The van der Waals surface area contributed by atoms with Gasteiger partial charge >= 0.3 is 0 Å². The van der Waals surface area contributed by atoms with Crippen LogP contribution in [0.25, 0.3) is 0 Å². The average Bonchev–Trinajstić information content (AvgIpc) is 2.21. The molecule has 1 aliphatic carbocycles. The highest BCUT2D eigenvalue weighted by molar-refractivity contribution is 5.16. The quantitative estimate of drug-likeness (QED) is 0.664. The molecule has 0 bridgehead atoms. The zero-order chi connectivity index (χ0) is 10.7. The number of aliphatic hydroxyl groups excluding tert-OH is 1. The van der Waals surface area contributed by atoms with Gasteiger partial charge in [-0.05, 0) is 22.2 Å². The Morgan fingerprint density at radius 3 is 1.38 bits per heavy atom. The molecule has 0 amide bonds. The van der Waals surface area contributed by atoms with Gasteiger partial charge in [0.05, 0.1) is 6.10 Å². The smallest absolute Gasteiger partial charge is 0.0627 e. The van der Waals surface area contributed by atoms with Crippen molar-refractivity contribution in [1.29, 1.82) is 0 Å². The van der Waals surface area contributed by atoms with Crippen molar-refractivity contribution in [3.63, 3.8) is 0 Å². The van der Waals surface area contributed by atoms with E-state index in [2.05, 4.69) is 48.5 Å². The Balaban J connectivity index is 2.80. The van der Waals surface area contributed by atoms with E-state index in [4.69, 9.17) is 0 Å². The lowest BCUT2D eigenvalue weighted by Gasteiger charge is -2.27. The van der Waals surface area contributed by atoms with Crippen LogP contribution in [-0.4, -0.2) is 11.2 Å². The van der Waals surface area contributed by atoms with E-state index in [1.165, 1.54) is 0 Å². The van der Waals surface area contributed by atoms with Crippen LogP contribution in [0.1, 0.15) is 48.5 Å². The fraction of sp³-hybridized carbons (Fsp3) is 1.00. The fourth-order valence-corrected chi connectivity index (χ4v) is 2.54. The first kappa shape index (κ1) is 11.0. The summed E-state index contributed by atoms with van der Waals surface area (Å²) in [6, 6.07) is 0. The van der Waals surface area contributed by atoms with Crippen LogP contribution in [0.15, 0.2) is 0 Å². The number of hydrogen-bond acceptors (Lipinski definition) is 1. The second-order valence-electron chi connectivity index (χ2n) is 6.73. The van der Waals surface area contributed by atoms with E-state index in [1.807, 2.05) is 0 Å². The van der Waals surface area contributed by atoms with E-state index >= 15 is 0 Å². The van der Waals surface area contributed by atoms with Crippen molar-refractivity contribution >= 4 is 0 Å². The summed E-state index contributed by atoms with van der Waals surface area (Å²) in [6.45, 7) is 15.4. The Hall–Kier alpha value is -0.0400. The molecule has 13 heavy (non-hydrogen) atoms. The molecule has 0 aromatic rings. The standard InChI is InChI=1S/C12H24O/c1-10(2,3)9(13)8-11(4,5)12(8,6)7/h8-9,13H,1-7H3. The van der Waals surface area contributed by atoms with E-state index in [0.29, 0.717) is 16.7 Å². The second kappa shape index (κ2) is 2.50. The summed E-state index contributed by atoms with van der Waals surface area (Å²) in [5, 5.41) is 10.2. The highest BCUT2D eigenvalue weighted by atomic mass is 16.3. The van der Waals surface area contributed by atoms with Crippen molar-refractivity contribution in [3.8, 4) is 0 Å². The highest BCUT2D eigenvalue weighted by Gasteiger charge is 2.68. The Morgan fingerprint density at radius 1 is 1.00 bits per heavy atom. The topological polar surface area (TPSA) is 20.2 Å². The molecule has 78 valence electrons. The summed E-state index contributed by atoms with van der Waals surface area (Å²) in [6.07, 6.45) is -0.183. The lowest BCUT2D eigenvalue weighted by molar-refractivity contribution is 0.0281. The van der Waals surface area contributed by atoms with E-state index in [-0.39, 0.29) is 11.5 Å². The van der Waals surface area contributed by atoms with Gasteiger partial charge in [-0.1, -0.05) is 48.5 Å². The zero-order valence-electron chi connectivity index (χ0n) is 10.1. The first-order chi connectivity index (χ1) is 5.53. The largest absolute Gasteiger partial charge is 0.392 e. The molecule has 1 aliphatic rings. The fourth-order valence-electron chi connectivity index (χ4n) is 2.54. The van der Waals surface area contributed by atoms with Gasteiger partial charge < -0.3 is 5.11 Å². The minimum absolute atomic E-state index is 0.00963. The maximum Gasteiger partial charge on any atom is 0.0627 e. The van der Waals surface area contributed by atoms with Crippen molar-refractivity contribution in [3.05, 3.63) is 0 Å². The molecule has 1 heteroatoms. The number of aliphatic hydroxyl groups is 1. The molecule has 0 spiro atoms. The average molecular weight is 184 g/mol. The molecule has 1 fully saturated rings. The third kappa shape index (κ3) is 1.41. The Kier molecular flexibility index (Phi) is 2.12. The van der Waals surface area contributed by atoms with Crippen molar-refractivity contribution in [2.75, 3.05) is 0 Å². The van der Waals surface area contributed by atoms with Gasteiger partial charge in [0.2, 0.25) is 0 Å². The SMILES string of the molecule is CC(C)(C)C(O)C1C(C)(C)C1(C)C. The van der Waals surface area contributed by atoms with Crippen LogP contribution in [0.3, 0.4) is 0 Å². The van der Waals surface area contributed by atoms with Gasteiger partial charge in [-0.2, -0.15) is 0 Å². The van der Waals surface area contributed by atoms with Gasteiger partial charge in [0.15, 0.2) is 0 Å². The molecule has 0 aromatic heterocycles. The molecule has 1 saturated carbocycles. The maximum absolute atomic E-state index is 10.2. The monoisotopic (exact) mass is 184 g/mol. The highest BCUT2D eigenvalue weighted by Crippen LogP contribution is 2.71. The molecule has 1 nitrogen and oxygen atoms in total. The van der Waals surface area contributed by atoms with Crippen molar-refractivity contribution < 1.29 is 5.11 Å². The van der Waals surface area contributed by atoms with Crippen LogP contribution in [0.4, 0.5) is 0 Å². The molecule has 1 rings (SSSR count). The maximum atomic E-state index is 10.2. The molecular formula is C12H24O. The summed E-state index contributed by atoms with van der Waals surface area (Å²) < 4.78 is 0. The summed E-state index contributed by atoms with van der Waals surface area (Å²) in [7, 11) is 0.